The molecule has 2 N–H and O–H groups in total. The molecule has 0 aromatic heterocycles. The van der Waals surface area contributed by atoms with Crippen LogP contribution in [-0.4, -0.2) is 18.5 Å². The van der Waals surface area contributed by atoms with Gasteiger partial charge in [-0.3, -0.25) is 0 Å². The van der Waals surface area contributed by atoms with Crippen molar-refractivity contribution in [2.75, 3.05) is 6.54 Å². The van der Waals surface area contributed by atoms with E-state index in [-0.39, 0.29) is 5.82 Å². The summed E-state index contributed by atoms with van der Waals surface area (Å²) >= 11 is 0. The van der Waals surface area contributed by atoms with Gasteiger partial charge >= 0.3 is 0 Å². The van der Waals surface area contributed by atoms with Crippen molar-refractivity contribution in [1.82, 2.24) is 10.6 Å². The van der Waals surface area contributed by atoms with Crippen LogP contribution in [0.4, 0.5) is 4.39 Å². The molecule has 1 fully saturated rings. The van der Waals surface area contributed by atoms with E-state index in [2.05, 4.69) is 22.5 Å². The summed E-state index contributed by atoms with van der Waals surface area (Å²) in [6.07, 6.45) is 1.20. The number of halogens is 1. The van der Waals surface area contributed by atoms with Gasteiger partial charge < -0.3 is 10.6 Å². The van der Waals surface area contributed by atoms with Gasteiger partial charge in [-0.2, -0.15) is 0 Å². The van der Waals surface area contributed by atoms with Crippen molar-refractivity contribution < 1.29 is 4.39 Å². The molecule has 1 aromatic carbocycles. The van der Waals surface area contributed by atoms with Gasteiger partial charge in [0.05, 0.1) is 6.54 Å². The van der Waals surface area contributed by atoms with E-state index >= 15 is 0 Å². The Kier molecular flexibility index (Phi) is 4.40. The Hall–Kier alpha value is -1.58. The van der Waals surface area contributed by atoms with Crippen LogP contribution in [0.25, 0.3) is 0 Å². The molecule has 0 aliphatic heterocycles. The Bertz CT molecular complexity index is 470. The first-order chi connectivity index (χ1) is 9.10. The van der Waals surface area contributed by atoms with Gasteiger partial charge in [-0.1, -0.05) is 19.1 Å². The normalized spacial score (nSPS) is 22.2. The van der Waals surface area contributed by atoms with Crippen molar-refractivity contribution in [2.45, 2.75) is 39.8 Å². The van der Waals surface area contributed by atoms with Crippen LogP contribution >= 0.6 is 0 Å². The maximum Gasteiger partial charge on any atom is 0.191 e. The molecule has 0 spiro atoms. The summed E-state index contributed by atoms with van der Waals surface area (Å²) in [7, 11) is 0. The van der Waals surface area contributed by atoms with Crippen molar-refractivity contribution in [1.29, 1.82) is 0 Å². The quantitative estimate of drug-likeness (QED) is 0.647. The lowest BCUT2D eigenvalue weighted by Gasteiger charge is -2.10. The second-order valence-corrected chi connectivity index (χ2v) is 5.24. The zero-order chi connectivity index (χ0) is 13.8. The molecule has 0 bridgehead atoms. The third-order valence-electron chi connectivity index (χ3n) is 3.43. The lowest BCUT2D eigenvalue weighted by atomic mass is 10.1. The van der Waals surface area contributed by atoms with E-state index in [0.717, 1.165) is 24.0 Å². The number of hydrogen-bond acceptors (Lipinski definition) is 1. The largest absolute Gasteiger partial charge is 0.357 e. The fourth-order valence-electron chi connectivity index (χ4n) is 1.92. The summed E-state index contributed by atoms with van der Waals surface area (Å²) in [5.74, 6) is 1.37. The summed E-state index contributed by atoms with van der Waals surface area (Å²) < 4.78 is 13.4. The predicted octanol–water partition coefficient (Wildman–Crippen LogP) is 2.60. The van der Waals surface area contributed by atoms with E-state index in [4.69, 9.17) is 0 Å². The highest BCUT2D eigenvalue weighted by Gasteiger charge is 2.33. The molecule has 2 unspecified atom stereocenters. The van der Waals surface area contributed by atoms with Crippen LogP contribution in [0.3, 0.4) is 0 Å². The van der Waals surface area contributed by atoms with Crippen molar-refractivity contribution in [3.05, 3.63) is 35.1 Å². The summed E-state index contributed by atoms with van der Waals surface area (Å²) in [6, 6.07) is 5.81. The van der Waals surface area contributed by atoms with Gasteiger partial charge in [0.15, 0.2) is 5.96 Å². The van der Waals surface area contributed by atoms with E-state index < -0.39 is 0 Å². The molecular formula is C15H22FN3. The van der Waals surface area contributed by atoms with Gasteiger partial charge in [0.25, 0.3) is 0 Å². The lowest BCUT2D eigenvalue weighted by molar-refractivity contribution is 0.616. The average Bonchev–Trinajstić information content (AvgIpc) is 3.06. The van der Waals surface area contributed by atoms with Crippen LogP contribution in [0, 0.1) is 18.7 Å². The number of benzene rings is 1. The van der Waals surface area contributed by atoms with Crippen LogP contribution in [0.1, 0.15) is 31.4 Å². The van der Waals surface area contributed by atoms with E-state index in [1.54, 1.807) is 19.1 Å². The van der Waals surface area contributed by atoms with E-state index in [0.29, 0.717) is 18.2 Å². The minimum Gasteiger partial charge on any atom is -0.357 e. The van der Waals surface area contributed by atoms with E-state index in [1.165, 1.54) is 6.42 Å². The number of aliphatic imine (C=N–C) groups is 1. The van der Waals surface area contributed by atoms with Crippen molar-refractivity contribution >= 4 is 5.96 Å². The minimum atomic E-state index is -0.165. The third kappa shape index (κ3) is 3.94. The number of guanidine groups is 1. The second-order valence-electron chi connectivity index (χ2n) is 5.24. The molecule has 19 heavy (non-hydrogen) atoms. The summed E-state index contributed by atoms with van der Waals surface area (Å²) in [5.41, 5.74) is 1.56. The monoisotopic (exact) mass is 263 g/mol. The van der Waals surface area contributed by atoms with Gasteiger partial charge in [0.1, 0.15) is 5.82 Å². The zero-order valence-electron chi connectivity index (χ0n) is 11.8. The predicted molar refractivity (Wildman–Crippen MR) is 76.7 cm³/mol. The molecule has 3 nitrogen and oxygen atoms in total. The molecule has 0 radical (unpaired) electrons. The molecule has 2 rings (SSSR count). The van der Waals surface area contributed by atoms with Crippen LogP contribution in [-0.2, 0) is 6.54 Å². The fraction of sp³-hybridized carbons (Fsp3) is 0.533. The van der Waals surface area contributed by atoms with Crippen LogP contribution in [0.5, 0.6) is 0 Å². The summed E-state index contributed by atoms with van der Waals surface area (Å²) in [6.45, 7) is 7.35. The molecule has 1 aliphatic carbocycles. The Morgan fingerprint density at radius 3 is 2.79 bits per heavy atom. The van der Waals surface area contributed by atoms with Gasteiger partial charge in [-0.15, -0.1) is 0 Å². The third-order valence-corrected chi connectivity index (χ3v) is 3.43. The van der Waals surface area contributed by atoms with Crippen LogP contribution in [0.15, 0.2) is 23.2 Å². The Balaban J connectivity index is 1.98. The number of aryl methyl sites for hydroxylation is 1. The van der Waals surface area contributed by atoms with E-state index in [9.17, 15) is 4.39 Å². The SMILES string of the molecule is CCNC(=NCc1ccc(C)c(F)c1)NC1CC1C. The maximum absolute atomic E-state index is 13.4. The first-order valence-electron chi connectivity index (χ1n) is 6.90. The highest BCUT2D eigenvalue weighted by molar-refractivity contribution is 5.80. The minimum absolute atomic E-state index is 0.165. The van der Waals surface area contributed by atoms with Gasteiger partial charge in [0.2, 0.25) is 0 Å². The highest BCUT2D eigenvalue weighted by atomic mass is 19.1. The molecule has 1 aromatic rings. The fourth-order valence-corrected chi connectivity index (χ4v) is 1.92. The Morgan fingerprint density at radius 1 is 1.47 bits per heavy atom. The first kappa shape index (κ1) is 13.8. The van der Waals surface area contributed by atoms with Gasteiger partial charge in [-0.25, -0.2) is 9.38 Å². The van der Waals surface area contributed by atoms with Crippen molar-refractivity contribution in [3.8, 4) is 0 Å². The molecule has 2 atom stereocenters. The molecular weight excluding hydrogens is 241 g/mol. The zero-order valence-corrected chi connectivity index (χ0v) is 11.8. The number of nitrogens with zero attached hydrogens (tertiary/aromatic N) is 1. The number of hydrogen-bond donors (Lipinski definition) is 2. The Morgan fingerprint density at radius 2 is 2.21 bits per heavy atom. The van der Waals surface area contributed by atoms with Crippen molar-refractivity contribution in [3.63, 3.8) is 0 Å². The summed E-state index contributed by atoms with van der Waals surface area (Å²) in [5, 5.41) is 6.60. The second kappa shape index (κ2) is 6.04. The lowest BCUT2D eigenvalue weighted by Crippen LogP contribution is -2.39. The van der Waals surface area contributed by atoms with Crippen molar-refractivity contribution in [2.24, 2.45) is 10.9 Å². The molecule has 0 heterocycles. The first-order valence-corrected chi connectivity index (χ1v) is 6.90. The Labute approximate surface area is 114 Å². The topological polar surface area (TPSA) is 36.4 Å². The molecule has 104 valence electrons. The van der Waals surface area contributed by atoms with Crippen LogP contribution < -0.4 is 10.6 Å². The van der Waals surface area contributed by atoms with Gasteiger partial charge in [0, 0.05) is 12.6 Å². The molecule has 1 aliphatic rings. The molecule has 1 saturated carbocycles. The molecule has 0 amide bonds. The van der Waals surface area contributed by atoms with Crippen LogP contribution in [0.2, 0.25) is 0 Å². The molecule has 4 heteroatoms. The number of rotatable bonds is 4. The van der Waals surface area contributed by atoms with Gasteiger partial charge in [-0.05, 0) is 43.4 Å². The highest BCUT2D eigenvalue weighted by Crippen LogP contribution is 2.28. The average molecular weight is 263 g/mol. The summed E-state index contributed by atoms with van der Waals surface area (Å²) in [4.78, 5) is 4.50. The number of nitrogens with one attached hydrogen (secondary N) is 2. The standard InChI is InChI=1S/C15H22FN3/c1-4-17-15(19-14-7-11(14)3)18-9-12-6-5-10(2)13(16)8-12/h5-6,8,11,14H,4,7,9H2,1-3H3,(H2,17,18,19). The molecule has 0 saturated heterocycles. The van der Waals surface area contributed by atoms with E-state index in [1.807, 2.05) is 13.0 Å². The maximum atomic E-state index is 13.4. The smallest absolute Gasteiger partial charge is 0.191 e.